The van der Waals surface area contributed by atoms with Gasteiger partial charge in [0.05, 0.1) is 8.68 Å². The molecule has 0 saturated heterocycles. The topological polar surface area (TPSA) is 37.4 Å². The third-order valence-electron chi connectivity index (χ3n) is 2.23. The zero-order chi connectivity index (χ0) is 11.8. The van der Waals surface area contributed by atoms with Gasteiger partial charge >= 0.3 is 0 Å². The van der Waals surface area contributed by atoms with Gasteiger partial charge in [0.25, 0.3) is 0 Å². The number of hydrogen-bond acceptors (Lipinski definition) is 3. The molecule has 1 rings (SSSR count). The molecule has 0 aliphatic rings. The fraction of sp³-hybridized carbons (Fsp3) is 0.556. The molecule has 1 aromatic rings. The molecule has 0 N–H and O–H groups in total. The highest BCUT2D eigenvalue weighted by molar-refractivity contribution is 9.11. The smallest absolute Gasteiger partial charge is 0.207 e. The van der Waals surface area contributed by atoms with Gasteiger partial charge in [0.1, 0.15) is 0 Å². The molecule has 0 bridgehead atoms. The van der Waals surface area contributed by atoms with E-state index in [-0.39, 0.29) is 6.04 Å². The lowest BCUT2D eigenvalue weighted by Crippen LogP contribution is -2.33. The second kappa shape index (κ2) is 4.53. The molecule has 3 nitrogen and oxygen atoms in total. The third kappa shape index (κ3) is 2.61. The average Bonchev–Trinajstić information content (AvgIpc) is 2.44. The van der Waals surface area contributed by atoms with Gasteiger partial charge in [0.15, 0.2) is 0 Å². The first kappa shape index (κ1) is 13.2. The summed E-state index contributed by atoms with van der Waals surface area (Å²) in [6, 6.07) is 1.63. The Morgan fingerprint density at radius 1 is 1.47 bits per heavy atom. The van der Waals surface area contributed by atoms with Crippen LogP contribution in [0.15, 0.2) is 14.7 Å². The SMILES string of the molecule is Cc1sc(Br)cc1S(=O)(=O)N(C)C(C)C. The van der Waals surface area contributed by atoms with Crippen LogP contribution in [0.25, 0.3) is 0 Å². The van der Waals surface area contributed by atoms with Crippen molar-refractivity contribution < 1.29 is 8.42 Å². The lowest BCUT2D eigenvalue weighted by Gasteiger charge is -2.20. The number of halogens is 1. The van der Waals surface area contributed by atoms with Crippen LogP contribution in [0.3, 0.4) is 0 Å². The molecule has 0 radical (unpaired) electrons. The molecule has 1 heterocycles. The summed E-state index contributed by atoms with van der Waals surface area (Å²) in [6.45, 7) is 5.53. The normalized spacial score (nSPS) is 12.7. The summed E-state index contributed by atoms with van der Waals surface area (Å²) in [4.78, 5) is 1.21. The van der Waals surface area contributed by atoms with Crippen LogP contribution in [0, 0.1) is 6.92 Å². The summed E-state index contributed by atoms with van der Waals surface area (Å²) in [5.74, 6) is 0. The summed E-state index contributed by atoms with van der Waals surface area (Å²) in [7, 11) is -1.73. The minimum atomic E-state index is -3.33. The molecular weight excluding hydrogens is 298 g/mol. The van der Waals surface area contributed by atoms with E-state index in [2.05, 4.69) is 15.9 Å². The molecule has 0 saturated carbocycles. The molecular formula is C9H14BrNO2S2. The number of nitrogens with zero attached hydrogens (tertiary/aromatic N) is 1. The fourth-order valence-electron chi connectivity index (χ4n) is 1.12. The minimum Gasteiger partial charge on any atom is -0.207 e. The van der Waals surface area contributed by atoms with Crippen molar-refractivity contribution in [3.8, 4) is 0 Å². The van der Waals surface area contributed by atoms with Gasteiger partial charge < -0.3 is 0 Å². The Morgan fingerprint density at radius 2 is 2.00 bits per heavy atom. The van der Waals surface area contributed by atoms with Crippen molar-refractivity contribution >= 4 is 37.3 Å². The van der Waals surface area contributed by atoms with Crippen molar-refractivity contribution in [1.29, 1.82) is 0 Å². The van der Waals surface area contributed by atoms with Gasteiger partial charge in [-0.1, -0.05) is 0 Å². The van der Waals surface area contributed by atoms with E-state index in [9.17, 15) is 8.42 Å². The standard InChI is InChI=1S/C9H14BrNO2S2/c1-6(2)11(4)15(12,13)8-5-9(10)14-7(8)3/h5-6H,1-4H3. The number of aryl methyl sites for hydroxylation is 1. The Labute approximate surface area is 103 Å². The lowest BCUT2D eigenvalue weighted by atomic mass is 10.4. The van der Waals surface area contributed by atoms with Crippen molar-refractivity contribution in [2.24, 2.45) is 0 Å². The predicted molar refractivity (Wildman–Crippen MR) is 66.8 cm³/mol. The molecule has 0 spiro atoms. The Balaban J connectivity index is 3.23. The first-order chi connectivity index (χ1) is 6.76. The largest absolute Gasteiger partial charge is 0.244 e. The van der Waals surface area contributed by atoms with Crippen molar-refractivity contribution in [2.75, 3.05) is 7.05 Å². The van der Waals surface area contributed by atoms with Crippen molar-refractivity contribution in [3.05, 3.63) is 14.7 Å². The molecule has 1 aromatic heterocycles. The van der Waals surface area contributed by atoms with Gasteiger partial charge in [-0.15, -0.1) is 11.3 Å². The van der Waals surface area contributed by atoms with Crippen LogP contribution >= 0.6 is 27.3 Å². The second-order valence-electron chi connectivity index (χ2n) is 3.59. The van der Waals surface area contributed by atoms with Gasteiger partial charge in [0.2, 0.25) is 10.0 Å². The lowest BCUT2D eigenvalue weighted by molar-refractivity contribution is 0.410. The minimum absolute atomic E-state index is 0.0342. The summed E-state index contributed by atoms with van der Waals surface area (Å²) in [5, 5.41) is 0. The molecule has 15 heavy (non-hydrogen) atoms. The molecule has 6 heteroatoms. The van der Waals surface area contributed by atoms with E-state index in [4.69, 9.17) is 0 Å². The van der Waals surface area contributed by atoms with Gasteiger partial charge in [-0.3, -0.25) is 0 Å². The number of hydrogen-bond donors (Lipinski definition) is 0. The zero-order valence-electron chi connectivity index (χ0n) is 9.11. The highest BCUT2D eigenvalue weighted by Gasteiger charge is 2.26. The second-order valence-corrected chi connectivity index (χ2v) is 8.19. The number of thiophene rings is 1. The Kier molecular flexibility index (Phi) is 3.97. The molecule has 0 atom stereocenters. The molecule has 0 aliphatic carbocycles. The summed E-state index contributed by atoms with van der Waals surface area (Å²) < 4.78 is 26.5. The third-order valence-corrected chi connectivity index (χ3v) is 6.07. The molecule has 0 aliphatic heterocycles. The van der Waals surface area contributed by atoms with Crippen LogP contribution in [0.2, 0.25) is 0 Å². The molecule has 0 aromatic carbocycles. The summed E-state index contributed by atoms with van der Waals surface area (Å²) in [6.07, 6.45) is 0. The molecule has 0 unspecified atom stereocenters. The van der Waals surface area contributed by atoms with E-state index in [0.29, 0.717) is 4.90 Å². The van der Waals surface area contributed by atoms with Crippen LogP contribution in [-0.4, -0.2) is 25.8 Å². The summed E-state index contributed by atoms with van der Waals surface area (Å²) >= 11 is 4.73. The maximum atomic E-state index is 12.1. The number of sulfonamides is 1. The van der Waals surface area contributed by atoms with Gasteiger partial charge in [-0.2, -0.15) is 4.31 Å². The van der Waals surface area contributed by atoms with E-state index in [0.717, 1.165) is 8.66 Å². The van der Waals surface area contributed by atoms with Crippen molar-refractivity contribution in [1.82, 2.24) is 4.31 Å². The number of rotatable bonds is 3. The average molecular weight is 312 g/mol. The highest BCUT2D eigenvalue weighted by atomic mass is 79.9. The van der Waals surface area contributed by atoms with E-state index in [1.165, 1.54) is 15.6 Å². The summed E-state index contributed by atoms with van der Waals surface area (Å²) in [5.41, 5.74) is 0. The maximum Gasteiger partial charge on any atom is 0.244 e. The van der Waals surface area contributed by atoms with Crippen LogP contribution in [-0.2, 0) is 10.0 Å². The fourth-order valence-corrected chi connectivity index (χ4v) is 4.87. The van der Waals surface area contributed by atoms with Gasteiger partial charge in [-0.25, -0.2) is 8.42 Å². The monoisotopic (exact) mass is 311 g/mol. The van der Waals surface area contributed by atoms with E-state index in [1.807, 2.05) is 20.8 Å². The Hall–Kier alpha value is 0.0900. The predicted octanol–water partition coefficient (Wildman–Crippen LogP) is 2.85. The highest BCUT2D eigenvalue weighted by Crippen LogP contribution is 2.31. The molecule has 86 valence electrons. The van der Waals surface area contributed by atoms with E-state index >= 15 is 0 Å². The van der Waals surface area contributed by atoms with E-state index in [1.54, 1.807) is 13.1 Å². The Bertz CT molecular complexity index is 451. The molecule has 0 amide bonds. The van der Waals surface area contributed by atoms with Gasteiger partial charge in [-0.05, 0) is 42.8 Å². The van der Waals surface area contributed by atoms with E-state index < -0.39 is 10.0 Å². The maximum absolute atomic E-state index is 12.1. The van der Waals surface area contributed by atoms with Crippen LogP contribution in [0.4, 0.5) is 0 Å². The quantitative estimate of drug-likeness (QED) is 0.860. The first-order valence-corrected chi connectivity index (χ1v) is 7.55. The zero-order valence-corrected chi connectivity index (χ0v) is 12.3. The Morgan fingerprint density at radius 3 is 2.33 bits per heavy atom. The van der Waals surface area contributed by atoms with Crippen molar-refractivity contribution in [2.45, 2.75) is 31.7 Å². The molecule has 0 fully saturated rings. The van der Waals surface area contributed by atoms with Crippen LogP contribution < -0.4 is 0 Å². The van der Waals surface area contributed by atoms with Gasteiger partial charge in [0, 0.05) is 18.0 Å². The van der Waals surface area contributed by atoms with Crippen molar-refractivity contribution in [3.63, 3.8) is 0 Å². The van der Waals surface area contributed by atoms with Crippen LogP contribution in [0.1, 0.15) is 18.7 Å². The first-order valence-electron chi connectivity index (χ1n) is 4.50. The van der Waals surface area contributed by atoms with Crippen LogP contribution in [0.5, 0.6) is 0 Å².